The smallest absolute Gasteiger partial charge is 0.225 e. The highest BCUT2D eigenvalue weighted by molar-refractivity contribution is 7.79. The van der Waals surface area contributed by atoms with E-state index in [2.05, 4.69) is 9.97 Å². The van der Waals surface area contributed by atoms with Gasteiger partial charge in [-0.1, -0.05) is 44.2 Å². The van der Waals surface area contributed by atoms with E-state index in [1.165, 1.54) is 0 Å². The van der Waals surface area contributed by atoms with Crippen molar-refractivity contribution < 1.29 is 8.76 Å². The molecule has 4 nitrogen and oxygen atoms in total. The van der Waals surface area contributed by atoms with Gasteiger partial charge in [0.05, 0.1) is 5.69 Å². The number of aromatic amines is 1. The van der Waals surface area contributed by atoms with E-state index < -0.39 is 11.1 Å². The zero-order chi connectivity index (χ0) is 13.1. The van der Waals surface area contributed by atoms with Crippen molar-refractivity contribution in [3.05, 3.63) is 47.3 Å². The molecule has 2 aromatic rings. The van der Waals surface area contributed by atoms with Crippen LogP contribution in [0, 0.1) is 0 Å². The summed E-state index contributed by atoms with van der Waals surface area (Å²) < 4.78 is 20.1. The zero-order valence-electron chi connectivity index (χ0n) is 10.4. The van der Waals surface area contributed by atoms with Gasteiger partial charge < -0.3 is 4.98 Å². The number of benzene rings is 1. The van der Waals surface area contributed by atoms with Crippen LogP contribution in [0.25, 0.3) is 0 Å². The summed E-state index contributed by atoms with van der Waals surface area (Å²) in [4.78, 5) is 7.15. The molecule has 0 saturated heterocycles. The molecular weight excluding hydrogens is 248 g/mol. The van der Waals surface area contributed by atoms with Crippen LogP contribution < -0.4 is 0 Å². The second kappa shape index (κ2) is 5.46. The van der Waals surface area contributed by atoms with E-state index in [9.17, 15) is 4.21 Å². The highest BCUT2D eigenvalue weighted by atomic mass is 32.2. The van der Waals surface area contributed by atoms with Gasteiger partial charge in [-0.2, -0.15) is 0 Å². The first kappa shape index (κ1) is 13.0. The third-order valence-corrected chi connectivity index (χ3v) is 3.25. The second-order valence-electron chi connectivity index (χ2n) is 4.47. The summed E-state index contributed by atoms with van der Waals surface area (Å²) in [6.45, 7) is 4.05. The number of aromatic nitrogens is 2. The highest BCUT2D eigenvalue weighted by Crippen LogP contribution is 2.21. The zero-order valence-corrected chi connectivity index (χ0v) is 11.2. The van der Waals surface area contributed by atoms with Gasteiger partial charge in [0.15, 0.2) is 0 Å². The van der Waals surface area contributed by atoms with Crippen molar-refractivity contribution in [3.63, 3.8) is 0 Å². The molecule has 1 unspecified atom stereocenters. The molecule has 5 heteroatoms. The van der Waals surface area contributed by atoms with E-state index in [-0.39, 0.29) is 11.1 Å². The standard InChI is InChI=1S/C13H16N2O2S/c1-9(2)12-11(14-13(15-12)18(16)17)8-10-6-4-3-5-7-10/h3-7,9H,8H2,1-2H3,(H,14,15)(H,16,17). The summed E-state index contributed by atoms with van der Waals surface area (Å²) >= 11 is -2.06. The van der Waals surface area contributed by atoms with Crippen LogP contribution in [0.3, 0.4) is 0 Å². The fourth-order valence-electron chi connectivity index (χ4n) is 1.89. The Bertz CT molecular complexity index is 549. The van der Waals surface area contributed by atoms with Crippen LogP contribution >= 0.6 is 0 Å². The van der Waals surface area contributed by atoms with Gasteiger partial charge in [-0.15, -0.1) is 0 Å². The van der Waals surface area contributed by atoms with Crippen LogP contribution in [0.2, 0.25) is 0 Å². The predicted molar refractivity (Wildman–Crippen MR) is 71.0 cm³/mol. The molecule has 0 saturated carbocycles. The van der Waals surface area contributed by atoms with Crippen LogP contribution in [-0.4, -0.2) is 18.7 Å². The van der Waals surface area contributed by atoms with Crippen LogP contribution in [0.1, 0.15) is 36.7 Å². The first-order valence-electron chi connectivity index (χ1n) is 5.81. The number of H-pyrrole nitrogens is 1. The molecular formula is C13H16N2O2S. The van der Waals surface area contributed by atoms with Crippen LogP contribution in [0.15, 0.2) is 35.5 Å². The third-order valence-electron chi connectivity index (χ3n) is 2.73. The second-order valence-corrected chi connectivity index (χ2v) is 5.36. The van der Waals surface area contributed by atoms with Gasteiger partial charge in [0.25, 0.3) is 0 Å². The van der Waals surface area contributed by atoms with E-state index in [1.54, 1.807) is 0 Å². The minimum Gasteiger partial charge on any atom is -0.332 e. The number of nitrogens with one attached hydrogen (secondary N) is 1. The Kier molecular flexibility index (Phi) is 3.93. The van der Waals surface area contributed by atoms with Crippen LogP contribution in [0.5, 0.6) is 0 Å². The normalized spacial score (nSPS) is 12.9. The molecule has 0 radical (unpaired) electrons. The third kappa shape index (κ3) is 2.86. The van der Waals surface area contributed by atoms with E-state index >= 15 is 0 Å². The van der Waals surface area contributed by atoms with Crippen molar-refractivity contribution in [2.24, 2.45) is 0 Å². The van der Waals surface area contributed by atoms with Crippen molar-refractivity contribution in [3.8, 4) is 0 Å². The van der Waals surface area contributed by atoms with Gasteiger partial charge in [-0.25, -0.2) is 9.19 Å². The summed E-state index contributed by atoms with van der Waals surface area (Å²) in [5.74, 6) is 0.220. The van der Waals surface area contributed by atoms with E-state index in [0.29, 0.717) is 6.42 Å². The Balaban J connectivity index is 2.34. The van der Waals surface area contributed by atoms with E-state index in [4.69, 9.17) is 4.55 Å². The molecule has 0 aliphatic rings. The maximum Gasteiger partial charge on any atom is 0.225 e. The molecule has 0 spiro atoms. The number of rotatable bonds is 4. The Hall–Kier alpha value is -1.46. The molecule has 1 heterocycles. The topological polar surface area (TPSA) is 66.0 Å². The van der Waals surface area contributed by atoms with Gasteiger partial charge in [0, 0.05) is 12.1 Å². The SMILES string of the molecule is CC(C)c1nc(S(=O)O)[nH]c1Cc1ccccc1. The van der Waals surface area contributed by atoms with E-state index in [0.717, 1.165) is 17.0 Å². The van der Waals surface area contributed by atoms with Gasteiger partial charge in [-0.05, 0) is 11.5 Å². The molecule has 0 fully saturated rings. The lowest BCUT2D eigenvalue weighted by molar-refractivity contribution is 0.556. The number of hydrogen-bond acceptors (Lipinski definition) is 2. The first-order valence-corrected chi connectivity index (χ1v) is 6.92. The molecule has 1 aromatic carbocycles. The number of imidazole rings is 1. The summed E-state index contributed by atoms with van der Waals surface area (Å²) in [6, 6.07) is 9.98. The monoisotopic (exact) mass is 264 g/mol. The Morgan fingerprint density at radius 1 is 1.33 bits per heavy atom. The maximum absolute atomic E-state index is 11.1. The lowest BCUT2D eigenvalue weighted by Gasteiger charge is -2.05. The molecule has 1 atom stereocenters. The maximum atomic E-state index is 11.1. The predicted octanol–water partition coefficient (Wildman–Crippen LogP) is 2.70. The first-order chi connectivity index (χ1) is 8.58. The minimum absolute atomic E-state index is 0.129. The molecule has 0 amide bonds. The lowest BCUT2D eigenvalue weighted by atomic mass is 10.0. The Morgan fingerprint density at radius 3 is 2.56 bits per heavy atom. The van der Waals surface area contributed by atoms with Crippen LogP contribution in [0.4, 0.5) is 0 Å². The Labute approximate surface area is 109 Å². The number of nitrogens with zero attached hydrogens (tertiary/aromatic N) is 1. The summed E-state index contributed by atoms with van der Waals surface area (Å²) in [5, 5.41) is 0.129. The molecule has 1 aromatic heterocycles. The van der Waals surface area contributed by atoms with Gasteiger partial charge >= 0.3 is 0 Å². The molecule has 0 bridgehead atoms. The summed E-state index contributed by atoms with van der Waals surface area (Å²) in [7, 11) is 0. The van der Waals surface area contributed by atoms with Gasteiger partial charge in [0.2, 0.25) is 16.2 Å². The summed E-state index contributed by atoms with van der Waals surface area (Å²) in [6.07, 6.45) is 0.693. The molecule has 2 rings (SSSR count). The van der Waals surface area contributed by atoms with Crippen LogP contribution in [-0.2, 0) is 17.5 Å². The van der Waals surface area contributed by atoms with Crippen molar-refractivity contribution in [2.75, 3.05) is 0 Å². The van der Waals surface area contributed by atoms with Crippen molar-refractivity contribution in [1.82, 2.24) is 9.97 Å². The largest absolute Gasteiger partial charge is 0.332 e. The fraction of sp³-hybridized carbons (Fsp3) is 0.308. The number of hydrogen-bond donors (Lipinski definition) is 2. The average molecular weight is 264 g/mol. The van der Waals surface area contributed by atoms with Crippen molar-refractivity contribution in [2.45, 2.75) is 31.3 Å². The Morgan fingerprint density at radius 2 is 2.00 bits per heavy atom. The quantitative estimate of drug-likeness (QED) is 0.834. The molecule has 0 aliphatic heterocycles. The van der Waals surface area contributed by atoms with E-state index in [1.807, 2.05) is 44.2 Å². The highest BCUT2D eigenvalue weighted by Gasteiger charge is 2.16. The summed E-state index contributed by atoms with van der Waals surface area (Å²) in [5.41, 5.74) is 2.92. The molecule has 96 valence electrons. The van der Waals surface area contributed by atoms with Gasteiger partial charge in [-0.3, -0.25) is 4.55 Å². The minimum atomic E-state index is -2.06. The fourth-order valence-corrected chi connectivity index (χ4v) is 2.28. The van der Waals surface area contributed by atoms with Crippen molar-refractivity contribution in [1.29, 1.82) is 0 Å². The van der Waals surface area contributed by atoms with Gasteiger partial charge in [0.1, 0.15) is 0 Å². The molecule has 0 aliphatic carbocycles. The van der Waals surface area contributed by atoms with Crippen molar-refractivity contribution >= 4 is 11.1 Å². The molecule has 18 heavy (non-hydrogen) atoms. The molecule has 2 N–H and O–H groups in total. The average Bonchev–Trinajstić information content (AvgIpc) is 2.74. The lowest BCUT2D eigenvalue weighted by Crippen LogP contribution is -1.96.